The summed E-state index contributed by atoms with van der Waals surface area (Å²) in [6.45, 7) is 0. The van der Waals surface area contributed by atoms with Gasteiger partial charge in [0.15, 0.2) is 0 Å². The van der Waals surface area contributed by atoms with Gasteiger partial charge in [0.1, 0.15) is 5.75 Å². The van der Waals surface area contributed by atoms with Crippen molar-refractivity contribution in [2.75, 3.05) is 5.43 Å². The summed E-state index contributed by atoms with van der Waals surface area (Å²) in [6, 6.07) is 6.98. The van der Waals surface area contributed by atoms with Crippen molar-refractivity contribution in [3.63, 3.8) is 0 Å². The number of anilines is 1. The monoisotopic (exact) mass is 273 g/mol. The van der Waals surface area contributed by atoms with Crippen molar-refractivity contribution in [3.05, 3.63) is 40.4 Å². The molecule has 5 heteroatoms. The van der Waals surface area contributed by atoms with Crippen LogP contribution in [-0.4, -0.2) is 16.3 Å². The lowest BCUT2D eigenvalue weighted by Gasteiger charge is -2.06. The molecule has 0 bridgehead atoms. The lowest BCUT2D eigenvalue weighted by molar-refractivity contribution is 0.475. The number of aromatic hydroxyl groups is 1. The third-order valence-corrected chi connectivity index (χ3v) is 4.15. The van der Waals surface area contributed by atoms with Crippen molar-refractivity contribution in [1.29, 1.82) is 0 Å². The lowest BCUT2D eigenvalue weighted by Crippen LogP contribution is -1.99. The summed E-state index contributed by atoms with van der Waals surface area (Å²) in [5, 5.41) is 14.4. The summed E-state index contributed by atoms with van der Waals surface area (Å²) in [7, 11) is 0. The molecule has 1 aliphatic carbocycles. The van der Waals surface area contributed by atoms with E-state index in [1.165, 1.54) is 23.4 Å². The van der Waals surface area contributed by atoms with Crippen LogP contribution in [0.4, 0.5) is 5.13 Å². The van der Waals surface area contributed by atoms with Crippen LogP contribution in [0.15, 0.2) is 29.4 Å². The molecule has 0 saturated carbocycles. The number of phenolic OH excluding ortho intramolecular Hbond substituents is 1. The molecule has 19 heavy (non-hydrogen) atoms. The summed E-state index contributed by atoms with van der Waals surface area (Å²) in [5.74, 6) is 0.244. The fourth-order valence-electron chi connectivity index (χ4n) is 2.17. The predicted molar refractivity (Wildman–Crippen MR) is 78.1 cm³/mol. The second-order valence-corrected chi connectivity index (χ2v) is 5.64. The number of rotatable bonds is 3. The molecule has 2 aromatic rings. The van der Waals surface area contributed by atoms with Gasteiger partial charge in [0, 0.05) is 4.88 Å². The van der Waals surface area contributed by atoms with E-state index in [1.54, 1.807) is 35.8 Å². The molecular weight excluding hydrogens is 258 g/mol. The van der Waals surface area contributed by atoms with E-state index in [4.69, 9.17) is 0 Å². The Balaban J connectivity index is 1.67. The maximum Gasteiger partial charge on any atom is 0.203 e. The highest BCUT2D eigenvalue weighted by molar-refractivity contribution is 7.15. The van der Waals surface area contributed by atoms with Crippen LogP contribution in [0.25, 0.3) is 0 Å². The van der Waals surface area contributed by atoms with Crippen molar-refractivity contribution in [3.8, 4) is 5.75 Å². The van der Waals surface area contributed by atoms with E-state index in [2.05, 4.69) is 15.5 Å². The van der Waals surface area contributed by atoms with E-state index in [0.29, 0.717) is 0 Å². The summed E-state index contributed by atoms with van der Waals surface area (Å²) >= 11 is 1.69. The first-order valence-corrected chi connectivity index (χ1v) is 7.19. The summed E-state index contributed by atoms with van der Waals surface area (Å²) in [4.78, 5) is 5.93. The van der Waals surface area contributed by atoms with Gasteiger partial charge in [0.2, 0.25) is 5.13 Å². The second-order valence-electron chi connectivity index (χ2n) is 4.56. The number of thiazole rings is 1. The van der Waals surface area contributed by atoms with Crippen LogP contribution in [0.2, 0.25) is 0 Å². The maximum atomic E-state index is 9.35. The second kappa shape index (κ2) is 5.40. The number of nitrogens with one attached hydrogen (secondary N) is 1. The van der Waals surface area contributed by atoms with Gasteiger partial charge in [-0.2, -0.15) is 5.10 Å². The molecule has 1 aliphatic rings. The van der Waals surface area contributed by atoms with Gasteiger partial charge >= 0.3 is 0 Å². The minimum atomic E-state index is 0.244. The molecule has 1 aromatic heterocycles. The molecule has 98 valence electrons. The molecule has 0 fully saturated rings. The number of phenols is 1. The van der Waals surface area contributed by atoms with Crippen LogP contribution < -0.4 is 5.43 Å². The van der Waals surface area contributed by atoms with E-state index >= 15 is 0 Å². The van der Waals surface area contributed by atoms with Crippen LogP contribution in [0.3, 0.4) is 0 Å². The molecule has 0 atom stereocenters. The van der Waals surface area contributed by atoms with Crippen LogP contribution in [0, 0.1) is 0 Å². The number of hydrogen-bond donors (Lipinski definition) is 2. The standard InChI is InChI=1S/C14H15N3OS/c18-11-5-3-4-10(8-11)9-15-17-14-16-12-6-1-2-7-13(12)19-14/h3-5,8-9,18H,1-2,6-7H2,(H,16,17). The molecular formula is C14H15N3OS. The summed E-state index contributed by atoms with van der Waals surface area (Å²) in [6.07, 6.45) is 6.42. The zero-order valence-electron chi connectivity index (χ0n) is 10.5. The topological polar surface area (TPSA) is 57.5 Å². The van der Waals surface area contributed by atoms with Gasteiger partial charge in [-0.3, -0.25) is 5.43 Å². The van der Waals surface area contributed by atoms with Crippen LogP contribution in [-0.2, 0) is 12.8 Å². The average Bonchev–Trinajstić information content (AvgIpc) is 2.81. The number of nitrogens with zero attached hydrogens (tertiary/aromatic N) is 2. The molecule has 1 aromatic carbocycles. The van der Waals surface area contributed by atoms with Gasteiger partial charge in [0.25, 0.3) is 0 Å². The van der Waals surface area contributed by atoms with Gasteiger partial charge in [-0.15, -0.1) is 11.3 Å². The van der Waals surface area contributed by atoms with Crippen molar-refractivity contribution in [2.45, 2.75) is 25.7 Å². The van der Waals surface area contributed by atoms with Crippen molar-refractivity contribution in [2.24, 2.45) is 5.10 Å². The molecule has 0 aliphatic heterocycles. The highest BCUT2D eigenvalue weighted by Crippen LogP contribution is 2.29. The van der Waals surface area contributed by atoms with E-state index in [1.807, 2.05) is 6.07 Å². The Kier molecular flexibility index (Phi) is 3.46. The van der Waals surface area contributed by atoms with Crippen LogP contribution in [0.5, 0.6) is 5.75 Å². The Labute approximate surface area is 115 Å². The van der Waals surface area contributed by atoms with Gasteiger partial charge in [-0.05, 0) is 43.4 Å². The average molecular weight is 273 g/mol. The third kappa shape index (κ3) is 2.93. The molecule has 3 rings (SSSR count). The first-order chi connectivity index (χ1) is 9.31. The third-order valence-electron chi connectivity index (χ3n) is 3.09. The molecule has 1 heterocycles. The molecule has 0 radical (unpaired) electrons. The Morgan fingerprint density at radius 2 is 2.21 bits per heavy atom. The smallest absolute Gasteiger partial charge is 0.203 e. The van der Waals surface area contributed by atoms with Crippen LogP contribution in [0.1, 0.15) is 29.0 Å². The number of fused-ring (bicyclic) bond motifs is 1. The Morgan fingerprint density at radius 1 is 1.32 bits per heavy atom. The molecule has 0 amide bonds. The highest BCUT2D eigenvalue weighted by Gasteiger charge is 2.14. The zero-order valence-corrected chi connectivity index (χ0v) is 11.3. The minimum absolute atomic E-state index is 0.244. The molecule has 4 nitrogen and oxygen atoms in total. The van der Waals surface area contributed by atoms with E-state index < -0.39 is 0 Å². The molecule has 0 unspecified atom stereocenters. The SMILES string of the molecule is Oc1cccc(C=NNc2nc3c(s2)CCCC3)c1. The van der Waals surface area contributed by atoms with Gasteiger partial charge < -0.3 is 5.11 Å². The minimum Gasteiger partial charge on any atom is -0.508 e. The predicted octanol–water partition coefficient (Wildman–Crippen LogP) is 3.17. The zero-order chi connectivity index (χ0) is 13.1. The van der Waals surface area contributed by atoms with E-state index in [0.717, 1.165) is 23.5 Å². The Hall–Kier alpha value is -1.88. The van der Waals surface area contributed by atoms with Gasteiger partial charge in [-0.1, -0.05) is 12.1 Å². The fourth-order valence-corrected chi connectivity index (χ4v) is 3.17. The van der Waals surface area contributed by atoms with Crippen molar-refractivity contribution < 1.29 is 5.11 Å². The summed E-state index contributed by atoms with van der Waals surface area (Å²) in [5.41, 5.74) is 5.05. The number of benzene rings is 1. The number of hydrazone groups is 1. The van der Waals surface area contributed by atoms with Crippen molar-refractivity contribution in [1.82, 2.24) is 4.98 Å². The Bertz CT molecular complexity index is 583. The molecule has 0 spiro atoms. The fraction of sp³-hybridized carbons (Fsp3) is 0.286. The van der Waals surface area contributed by atoms with Crippen LogP contribution >= 0.6 is 11.3 Å². The number of aromatic nitrogens is 1. The quantitative estimate of drug-likeness (QED) is 0.667. The first kappa shape index (κ1) is 12.2. The van der Waals surface area contributed by atoms with E-state index in [9.17, 15) is 5.11 Å². The Morgan fingerprint density at radius 3 is 3.05 bits per heavy atom. The van der Waals surface area contributed by atoms with E-state index in [-0.39, 0.29) is 5.75 Å². The van der Waals surface area contributed by atoms with Gasteiger partial charge in [-0.25, -0.2) is 4.98 Å². The number of hydrogen-bond acceptors (Lipinski definition) is 5. The maximum absolute atomic E-state index is 9.35. The first-order valence-electron chi connectivity index (χ1n) is 6.38. The number of aryl methyl sites for hydroxylation is 2. The normalized spacial score (nSPS) is 14.5. The van der Waals surface area contributed by atoms with Gasteiger partial charge in [0.05, 0.1) is 11.9 Å². The highest BCUT2D eigenvalue weighted by atomic mass is 32.1. The lowest BCUT2D eigenvalue weighted by atomic mass is 10.0. The molecule has 2 N–H and O–H groups in total. The van der Waals surface area contributed by atoms with Crippen molar-refractivity contribution >= 4 is 22.7 Å². The summed E-state index contributed by atoms with van der Waals surface area (Å²) < 4.78 is 0. The molecule has 0 saturated heterocycles. The largest absolute Gasteiger partial charge is 0.508 e.